The summed E-state index contributed by atoms with van der Waals surface area (Å²) in [5.41, 5.74) is 5.25. The molecule has 6 aromatic rings. The zero-order chi connectivity index (χ0) is 29.8. The Kier molecular flexibility index (Phi) is 6.30. The van der Waals surface area contributed by atoms with Crippen LogP contribution in [0.5, 0.6) is 5.75 Å². The number of hydrogen-bond acceptors (Lipinski definition) is 7. The number of carbonyl (C=O) groups is 1. The standard InChI is InChI=1S/C32H25F2N5O4/c1-17-30(18(2)43-37-17)20-8-13-27-25(14-20)35-31(39(27)32-36-26(16-42-32)19-6-10-22(40)11-7-19)28-4-3-5-29(41)38(28)21-9-12-23(33)24(34)15-21/h6-16,28,40H,3-5H2,1-2H3. The number of aryl methyl sites for hydroxylation is 2. The molecule has 3 aromatic carbocycles. The van der Waals surface area contributed by atoms with Crippen molar-refractivity contribution >= 4 is 22.6 Å². The van der Waals surface area contributed by atoms with Crippen LogP contribution in [0.1, 0.15) is 42.6 Å². The van der Waals surface area contributed by atoms with Gasteiger partial charge in [0.2, 0.25) is 5.91 Å². The number of imidazole rings is 1. The molecule has 9 nitrogen and oxygen atoms in total. The molecule has 3 aromatic heterocycles. The van der Waals surface area contributed by atoms with Crippen LogP contribution in [0.2, 0.25) is 0 Å². The molecular formula is C32H25F2N5O4. The van der Waals surface area contributed by atoms with Crippen molar-refractivity contribution in [3.05, 3.63) is 95.8 Å². The summed E-state index contributed by atoms with van der Waals surface area (Å²) in [7, 11) is 0. The molecule has 0 aliphatic carbocycles. The summed E-state index contributed by atoms with van der Waals surface area (Å²) >= 11 is 0. The third kappa shape index (κ3) is 4.53. The summed E-state index contributed by atoms with van der Waals surface area (Å²) < 4.78 is 41.3. The lowest BCUT2D eigenvalue weighted by Gasteiger charge is -2.35. The smallest absolute Gasteiger partial charge is 0.308 e. The zero-order valence-electron chi connectivity index (χ0n) is 23.2. The van der Waals surface area contributed by atoms with Crippen molar-refractivity contribution in [3.8, 4) is 34.1 Å². The maximum absolute atomic E-state index is 14.3. The number of amides is 1. The summed E-state index contributed by atoms with van der Waals surface area (Å²) in [5, 5.41) is 13.8. The molecule has 0 spiro atoms. The number of phenols is 1. The molecule has 1 aliphatic rings. The third-order valence-electron chi connectivity index (χ3n) is 7.78. The normalized spacial score (nSPS) is 15.5. The van der Waals surface area contributed by atoms with Gasteiger partial charge in [0.1, 0.15) is 29.3 Å². The molecule has 1 aliphatic heterocycles. The van der Waals surface area contributed by atoms with Gasteiger partial charge in [0.15, 0.2) is 11.6 Å². The van der Waals surface area contributed by atoms with E-state index >= 15 is 0 Å². The minimum absolute atomic E-state index is 0.128. The summed E-state index contributed by atoms with van der Waals surface area (Å²) in [6.07, 6.45) is 2.88. The molecular weight excluding hydrogens is 556 g/mol. The summed E-state index contributed by atoms with van der Waals surface area (Å²) in [4.78, 5) is 24.6. The minimum atomic E-state index is -1.04. The average Bonchev–Trinajstić information content (AvgIpc) is 3.71. The van der Waals surface area contributed by atoms with Crippen LogP contribution >= 0.6 is 0 Å². The van der Waals surface area contributed by atoms with Gasteiger partial charge in [-0.15, -0.1) is 0 Å². The third-order valence-corrected chi connectivity index (χ3v) is 7.78. The van der Waals surface area contributed by atoms with Gasteiger partial charge in [-0.2, -0.15) is 4.98 Å². The summed E-state index contributed by atoms with van der Waals surface area (Å²) in [6.45, 7) is 3.71. The van der Waals surface area contributed by atoms with E-state index in [1.54, 1.807) is 28.8 Å². The summed E-state index contributed by atoms with van der Waals surface area (Å²) in [5.74, 6) is -1.00. The Labute approximate surface area is 244 Å². The number of fused-ring (bicyclic) bond motifs is 1. The highest BCUT2D eigenvalue weighted by Gasteiger charge is 2.36. The predicted molar refractivity (Wildman–Crippen MR) is 154 cm³/mol. The highest BCUT2D eigenvalue weighted by atomic mass is 19.2. The monoisotopic (exact) mass is 581 g/mol. The van der Waals surface area contributed by atoms with Crippen LogP contribution < -0.4 is 4.90 Å². The fourth-order valence-corrected chi connectivity index (χ4v) is 5.78. The van der Waals surface area contributed by atoms with E-state index in [-0.39, 0.29) is 29.8 Å². The van der Waals surface area contributed by atoms with Crippen molar-refractivity contribution < 1.29 is 27.6 Å². The van der Waals surface area contributed by atoms with Crippen molar-refractivity contribution in [2.75, 3.05) is 4.90 Å². The van der Waals surface area contributed by atoms with Gasteiger partial charge in [-0.25, -0.2) is 18.3 Å². The van der Waals surface area contributed by atoms with Gasteiger partial charge in [-0.1, -0.05) is 11.2 Å². The van der Waals surface area contributed by atoms with Crippen LogP contribution in [-0.2, 0) is 4.79 Å². The summed E-state index contributed by atoms with van der Waals surface area (Å²) in [6, 6.07) is 15.3. The van der Waals surface area contributed by atoms with Crippen molar-refractivity contribution in [3.63, 3.8) is 0 Å². The van der Waals surface area contributed by atoms with Crippen molar-refractivity contribution in [2.45, 2.75) is 39.2 Å². The van der Waals surface area contributed by atoms with Gasteiger partial charge in [0.25, 0.3) is 0 Å². The fraction of sp³-hybridized carbons (Fsp3) is 0.188. The van der Waals surface area contributed by atoms with E-state index in [2.05, 4.69) is 5.16 Å². The largest absolute Gasteiger partial charge is 0.508 e. The number of aromatic hydroxyl groups is 1. The second-order valence-corrected chi connectivity index (χ2v) is 10.5. The van der Waals surface area contributed by atoms with E-state index in [1.165, 1.54) is 17.2 Å². The highest BCUT2D eigenvalue weighted by Crippen LogP contribution is 2.39. The Morgan fingerprint density at radius 1 is 0.953 bits per heavy atom. The van der Waals surface area contributed by atoms with E-state index < -0.39 is 17.7 Å². The molecule has 1 atom stereocenters. The molecule has 43 heavy (non-hydrogen) atoms. The molecule has 1 unspecified atom stereocenters. The lowest BCUT2D eigenvalue weighted by atomic mass is 9.99. The predicted octanol–water partition coefficient (Wildman–Crippen LogP) is 7.19. The number of oxazole rings is 1. The van der Waals surface area contributed by atoms with Gasteiger partial charge >= 0.3 is 6.01 Å². The second-order valence-electron chi connectivity index (χ2n) is 10.5. The van der Waals surface area contributed by atoms with Crippen LogP contribution in [0.15, 0.2) is 75.9 Å². The molecule has 1 saturated heterocycles. The van der Waals surface area contributed by atoms with Crippen LogP contribution in [0.4, 0.5) is 14.5 Å². The number of phenolic OH excluding ortho intramolecular Hbond substituents is 1. The van der Waals surface area contributed by atoms with Crippen LogP contribution in [0.3, 0.4) is 0 Å². The van der Waals surface area contributed by atoms with E-state index in [4.69, 9.17) is 18.9 Å². The van der Waals surface area contributed by atoms with E-state index in [0.717, 1.165) is 34.5 Å². The quantitative estimate of drug-likeness (QED) is 0.229. The first-order chi connectivity index (χ1) is 20.8. The van der Waals surface area contributed by atoms with Gasteiger partial charge < -0.3 is 18.9 Å². The molecule has 0 saturated carbocycles. The fourth-order valence-electron chi connectivity index (χ4n) is 5.78. The maximum atomic E-state index is 14.3. The van der Waals surface area contributed by atoms with Crippen molar-refractivity contribution in [1.82, 2.24) is 19.7 Å². The molecule has 11 heteroatoms. The SMILES string of the molecule is Cc1noc(C)c1-c1ccc2c(c1)nc(C1CCCC(=O)N1c1ccc(F)c(F)c1)n2-c1nc(-c2ccc(O)cc2)co1. The molecule has 7 rings (SSSR count). The lowest BCUT2D eigenvalue weighted by Crippen LogP contribution is -2.39. The Hall–Kier alpha value is -5.32. The van der Waals surface area contributed by atoms with Gasteiger partial charge in [0.05, 0.1) is 22.8 Å². The molecule has 1 fully saturated rings. The molecule has 216 valence electrons. The van der Waals surface area contributed by atoms with Gasteiger partial charge in [-0.05, 0) is 80.8 Å². The van der Waals surface area contributed by atoms with Gasteiger partial charge in [-0.3, -0.25) is 4.79 Å². The number of aromatic nitrogens is 4. The average molecular weight is 582 g/mol. The maximum Gasteiger partial charge on any atom is 0.308 e. The number of carbonyl (C=O) groups excluding carboxylic acids is 1. The van der Waals surface area contributed by atoms with Crippen molar-refractivity contribution in [2.24, 2.45) is 0 Å². The molecule has 1 N–H and O–H groups in total. The highest BCUT2D eigenvalue weighted by molar-refractivity contribution is 5.95. The minimum Gasteiger partial charge on any atom is -0.508 e. The second kappa shape index (κ2) is 10.2. The van der Waals surface area contributed by atoms with E-state index in [1.807, 2.05) is 32.0 Å². The van der Waals surface area contributed by atoms with E-state index in [0.29, 0.717) is 41.2 Å². The lowest BCUT2D eigenvalue weighted by molar-refractivity contribution is -0.120. The molecule has 0 radical (unpaired) electrons. The zero-order valence-corrected chi connectivity index (χ0v) is 23.2. The number of rotatable bonds is 5. The number of benzene rings is 3. The Balaban J connectivity index is 1.42. The Bertz CT molecular complexity index is 1990. The van der Waals surface area contributed by atoms with Gasteiger partial charge in [0, 0.05) is 29.3 Å². The molecule has 4 heterocycles. The topological polar surface area (TPSA) is 110 Å². The van der Waals surface area contributed by atoms with Crippen LogP contribution in [0.25, 0.3) is 39.4 Å². The number of anilines is 1. The Morgan fingerprint density at radius 3 is 2.49 bits per heavy atom. The number of halogens is 2. The van der Waals surface area contributed by atoms with E-state index in [9.17, 15) is 18.7 Å². The Morgan fingerprint density at radius 2 is 1.74 bits per heavy atom. The van der Waals surface area contributed by atoms with Crippen LogP contribution in [-0.4, -0.2) is 30.7 Å². The first-order valence-electron chi connectivity index (χ1n) is 13.8. The first-order valence-corrected chi connectivity index (χ1v) is 13.8. The van der Waals surface area contributed by atoms with Crippen LogP contribution in [0, 0.1) is 25.5 Å². The first kappa shape index (κ1) is 26.6. The number of hydrogen-bond donors (Lipinski definition) is 1. The molecule has 0 bridgehead atoms. The van der Waals surface area contributed by atoms with Crippen molar-refractivity contribution in [1.29, 1.82) is 0 Å². The number of nitrogens with zero attached hydrogens (tertiary/aromatic N) is 5. The number of piperidine rings is 1. The molecule has 1 amide bonds.